The van der Waals surface area contributed by atoms with E-state index in [0.717, 1.165) is 37.2 Å². The summed E-state index contributed by atoms with van der Waals surface area (Å²) in [5.41, 5.74) is -0.406. The summed E-state index contributed by atoms with van der Waals surface area (Å²) < 4.78 is 11.1. The van der Waals surface area contributed by atoms with Gasteiger partial charge >= 0.3 is 0 Å². The lowest BCUT2D eigenvalue weighted by molar-refractivity contribution is 0.0859. The van der Waals surface area contributed by atoms with E-state index in [4.69, 9.17) is 8.83 Å². The fourth-order valence-corrected chi connectivity index (χ4v) is 3.03. The van der Waals surface area contributed by atoms with E-state index in [1.807, 2.05) is 19.1 Å². The summed E-state index contributed by atoms with van der Waals surface area (Å²) >= 11 is 0. The fourth-order valence-electron chi connectivity index (χ4n) is 3.03. The van der Waals surface area contributed by atoms with Gasteiger partial charge in [0.05, 0.1) is 12.6 Å². The van der Waals surface area contributed by atoms with Gasteiger partial charge in [0.2, 0.25) is 5.43 Å². The molecule has 1 saturated heterocycles. The van der Waals surface area contributed by atoms with Gasteiger partial charge in [-0.2, -0.15) is 0 Å². The molecule has 0 amide bonds. The zero-order chi connectivity index (χ0) is 15.7. The first-order valence-corrected chi connectivity index (χ1v) is 7.64. The molecule has 5 nitrogen and oxygen atoms in total. The van der Waals surface area contributed by atoms with Crippen molar-refractivity contribution in [3.05, 3.63) is 52.0 Å². The third kappa shape index (κ3) is 3.09. The fraction of sp³-hybridized carbons (Fsp3) is 0.471. The van der Waals surface area contributed by atoms with Crippen molar-refractivity contribution in [2.75, 3.05) is 6.54 Å². The highest BCUT2D eigenvalue weighted by atomic mass is 16.4. The zero-order valence-corrected chi connectivity index (χ0v) is 12.9. The number of aromatic hydroxyl groups is 1. The van der Waals surface area contributed by atoms with E-state index in [9.17, 15) is 9.90 Å². The molecule has 1 aliphatic heterocycles. The standard InChI is InChI=1S/C17H21NO4/c1-11-5-6-18(9-13-8-15(19)16(20)10-21-13)14(7-11)17-4-3-12(2)22-17/h3-4,8,10-11,14,20H,5-7,9H2,1-2H3/t11-,14-/m0/s1. The monoisotopic (exact) mass is 303 g/mol. The lowest BCUT2D eigenvalue weighted by atomic mass is 9.91. The Hall–Kier alpha value is -2.01. The van der Waals surface area contributed by atoms with Gasteiger partial charge in [-0.05, 0) is 44.4 Å². The second kappa shape index (κ2) is 6.01. The van der Waals surface area contributed by atoms with Crippen LogP contribution in [-0.4, -0.2) is 16.6 Å². The van der Waals surface area contributed by atoms with Crippen LogP contribution < -0.4 is 5.43 Å². The topological polar surface area (TPSA) is 66.8 Å². The van der Waals surface area contributed by atoms with Gasteiger partial charge in [-0.3, -0.25) is 9.69 Å². The molecule has 2 aromatic rings. The van der Waals surface area contributed by atoms with Crippen LogP contribution in [0.5, 0.6) is 5.75 Å². The molecule has 0 spiro atoms. The third-order valence-electron chi connectivity index (χ3n) is 4.29. The van der Waals surface area contributed by atoms with Crippen molar-refractivity contribution < 1.29 is 13.9 Å². The Balaban J connectivity index is 1.83. The maximum atomic E-state index is 11.5. The molecule has 0 unspecified atom stereocenters. The third-order valence-corrected chi connectivity index (χ3v) is 4.29. The Morgan fingerprint density at radius 1 is 1.41 bits per heavy atom. The summed E-state index contributed by atoms with van der Waals surface area (Å²) in [7, 11) is 0. The Labute approximate surface area is 129 Å². The Bertz CT molecular complexity index is 703. The molecule has 3 heterocycles. The Kier molecular flexibility index (Phi) is 4.07. The quantitative estimate of drug-likeness (QED) is 0.943. The van der Waals surface area contributed by atoms with E-state index >= 15 is 0 Å². The Morgan fingerprint density at radius 3 is 2.91 bits per heavy atom. The molecule has 0 aromatic carbocycles. The van der Waals surface area contributed by atoms with Crippen LogP contribution in [0.1, 0.15) is 43.1 Å². The van der Waals surface area contributed by atoms with Crippen molar-refractivity contribution in [3.8, 4) is 5.75 Å². The van der Waals surface area contributed by atoms with E-state index in [1.54, 1.807) is 0 Å². The number of furan rings is 1. The highest BCUT2D eigenvalue weighted by Gasteiger charge is 2.30. The molecule has 0 saturated carbocycles. The molecule has 22 heavy (non-hydrogen) atoms. The van der Waals surface area contributed by atoms with Crippen molar-refractivity contribution in [2.24, 2.45) is 5.92 Å². The summed E-state index contributed by atoms with van der Waals surface area (Å²) in [6.45, 7) is 5.66. The minimum absolute atomic E-state index is 0.191. The van der Waals surface area contributed by atoms with Crippen LogP contribution in [0.3, 0.4) is 0 Å². The predicted molar refractivity (Wildman–Crippen MR) is 81.6 cm³/mol. The molecule has 118 valence electrons. The molecule has 2 aromatic heterocycles. The van der Waals surface area contributed by atoms with Gasteiger partial charge < -0.3 is 13.9 Å². The minimum Gasteiger partial charge on any atom is -0.502 e. The predicted octanol–water partition coefficient (Wildman–Crippen LogP) is 3.22. The van der Waals surface area contributed by atoms with Crippen molar-refractivity contribution in [3.63, 3.8) is 0 Å². The average molecular weight is 303 g/mol. The maximum absolute atomic E-state index is 11.5. The van der Waals surface area contributed by atoms with Crippen LogP contribution in [0.2, 0.25) is 0 Å². The van der Waals surface area contributed by atoms with Gasteiger partial charge in [-0.25, -0.2) is 0 Å². The first-order chi connectivity index (χ1) is 10.5. The molecule has 1 N–H and O–H groups in total. The lowest BCUT2D eigenvalue weighted by Crippen LogP contribution is -2.35. The molecule has 0 radical (unpaired) electrons. The second-order valence-corrected chi connectivity index (χ2v) is 6.16. The van der Waals surface area contributed by atoms with Crippen LogP contribution in [-0.2, 0) is 6.54 Å². The number of likely N-dealkylation sites (tertiary alicyclic amines) is 1. The lowest BCUT2D eigenvalue weighted by Gasteiger charge is -2.37. The molecule has 3 rings (SSSR count). The summed E-state index contributed by atoms with van der Waals surface area (Å²) in [4.78, 5) is 13.8. The van der Waals surface area contributed by atoms with E-state index in [-0.39, 0.29) is 11.8 Å². The second-order valence-electron chi connectivity index (χ2n) is 6.16. The largest absolute Gasteiger partial charge is 0.502 e. The van der Waals surface area contributed by atoms with E-state index in [0.29, 0.717) is 18.2 Å². The highest BCUT2D eigenvalue weighted by Crippen LogP contribution is 2.35. The SMILES string of the molecule is Cc1ccc([C@@H]2C[C@@H](C)CCN2Cc2cc(=O)c(O)co2)o1. The normalized spacial score (nSPS) is 22.8. The van der Waals surface area contributed by atoms with Crippen LogP contribution >= 0.6 is 0 Å². The van der Waals surface area contributed by atoms with E-state index < -0.39 is 5.43 Å². The van der Waals surface area contributed by atoms with Gasteiger partial charge in [0, 0.05) is 6.07 Å². The molecule has 5 heteroatoms. The molecule has 2 atom stereocenters. The molecule has 0 aliphatic carbocycles. The summed E-state index contributed by atoms with van der Waals surface area (Å²) in [5.74, 6) is 2.72. The van der Waals surface area contributed by atoms with Gasteiger partial charge in [0.25, 0.3) is 0 Å². The van der Waals surface area contributed by atoms with Crippen LogP contribution in [0.15, 0.2) is 38.1 Å². The van der Waals surface area contributed by atoms with Gasteiger partial charge in [0.15, 0.2) is 5.75 Å². The van der Waals surface area contributed by atoms with Gasteiger partial charge in [-0.1, -0.05) is 6.92 Å². The summed E-state index contributed by atoms with van der Waals surface area (Å²) in [6, 6.07) is 5.56. The van der Waals surface area contributed by atoms with Crippen LogP contribution in [0.25, 0.3) is 0 Å². The molecule has 1 aliphatic rings. The summed E-state index contributed by atoms with van der Waals surface area (Å²) in [6.07, 6.45) is 3.24. The molecule has 1 fully saturated rings. The first kappa shape index (κ1) is 14.9. The van der Waals surface area contributed by atoms with Crippen molar-refractivity contribution in [1.82, 2.24) is 4.90 Å². The number of hydrogen-bond donors (Lipinski definition) is 1. The molecule has 0 bridgehead atoms. The highest BCUT2D eigenvalue weighted by molar-refractivity contribution is 5.16. The van der Waals surface area contributed by atoms with Crippen LogP contribution in [0.4, 0.5) is 0 Å². The van der Waals surface area contributed by atoms with Gasteiger partial charge in [-0.15, -0.1) is 0 Å². The maximum Gasteiger partial charge on any atom is 0.226 e. The number of nitrogens with zero attached hydrogens (tertiary/aromatic N) is 1. The summed E-state index contributed by atoms with van der Waals surface area (Å²) in [5, 5.41) is 9.28. The Morgan fingerprint density at radius 2 is 2.23 bits per heavy atom. The first-order valence-electron chi connectivity index (χ1n) is 7.64. The van der Waals surface area contributed by atoms with E-state index in [1.165, 1.54) is 6.07 Å². The molecular weight excluding hydrogens is 282 g/mol. The van der Waals surface area contributed by atoms with Crippen molar-refractivity contribution in [2.45, 2.75) is 39.3 Å². The smallest absolute Gasteiger partial charge is 0.226 e. The average Bonchev–Trinajstić information content (AvgIpc) is 2.91. The van der Waals surface area contributed by atoms with Crippen molar-refractivity contribution >= 4 is 0 Å². The van der Waals surface area contributed by atoms with Crippen LogP contribution in [0, 0.1) is 12.8 Å². The van der Waals surface area contributed by atoms with E-state index in [2.05, 4.69) is 11.8 Å². The number of hydrogen-bond acceptors (Lipinski definition) is 5. The molecular formula is C17H21NO4. The van der Waals surface area contributed by atoms with Gasteiger partial charge in [0.1, 0.15) is 23.5 Å². The number of aryl methyl sites for hydroxylation is 1. The zero-order valence-electron chi connectivity index (χ0n) is 12.9. The van der Waals surface area contributed by atoms with Crippen molar-refractivity contribution in [1.29, 1.82) is 0 Å². The minimum atomic E-state index is -0.406. The number of piperidine rings is 1. The number of rotatable bonds is 3.